The number of ether oxygens (including phenoxy) is 2. The number of carbonyl (C=O) groups is 1. The first-order valence-electron chi connectivity index (χ1n) is 9.43. The predicted octanol–water partition coefficient (Wildman–Crippen LogP) is 3.19. The second-order valence-electron chi connectivity index (χ2n) is 7.07. The standard InChI is InChI=1S/C22H25NO3/c1-23(21(24)8-7-16-5-3-2-4-6-16)12-9-19-18-11-14-25-20(18)15-17-10-13-26-22(17)19/h2-6,15H,7-14H2,1H3. The minimum atomic E-state index is 0.190. The molecule has 1 amide bonds. The van der Waals surface area contributed by atoms with E-state index in [9.17, 15) is 4.79 Å². The molecule has 0 radical (unpaired) electrons. The zero-order valence-corrected chi connectivity index (χ0v) is 15.3. The van der Waals surface area contributed by atoms with Gasteiger partial charge in [-0.3, -0.25) is 4.79 Å². The van der Waals surface area contributed by atoms with E-state index in [0.29, 0.717) is 13.0 Å². The van der Waals surface area contributed by atoms with E-state index in [1.807, 2.05) is 30.1 Å². The molecule has 4 heteroatoms. The van der Waals surface area contributed by atoms with Crippen LogP contribution in [0.4, 0.5) is 0 Å². The summed E-state index contributed by atoms with van der Waals surface area (Å²) in [5.41, 5.74) is 4.98. The first-order valence-corrected chi connectivity index (χ1v) is 9.43. The molecule has 0 saturated carbocycles. The molecule has 0 unspecified atom stereocenters. The SMILES string of the molecule is CN(CCc1c2c(cc3c1OCC3)OCC2)C(=O)CCc1ccccc1. The molecular formula is C22H25NO3. The van der Waals surface area contributed by atoms with Crippen molar-refractivity contribution >= 4 is 5.91 Å². The summed E-state index contributed by atoms with van der Waals surface area (Å²) >= 11 is 0. The van der Waals surface area contributed by atoms with E-state index in [-0.39, 0.29) is 5.91 Å². The van der Waals surface area contributed by atoms with Crippen molar-refractivity contribution in [2.24, 2.45) is 0 Å². The Kier molecular flexibility index (Phi) is 4.83. The molecule has 2 aromatic rings. The van der Waals surface area contributed by atoms with E-state index in [4.69, 9.17) is 9.47 Å². The second-order valence-corrected chi connectivity index (χ2v) is 7.07. The number of benzene rings is 2. The van der Waals surface area contributed by atoms with E-state index in [1.54, 1.807) is 0 Å². The number of likely N-dealkylation sites (N-methyl/N-ethyl adjacent to an activating group) is 1. The number of amides is 1. The molecule has 2 aliphatic heterocycles. The van der Waals surface area contributed by atoms with Gasteiger partial charge in [0.25, 0.3) is 0 Å². The lowest BCUT2D eigenvalue weighted by atomic mass is 9.97. The molecule has 0 aromatic heterocycles. The number of hydrogen-bond acceptors (Lipinski definition) is 3. The Balaban J connectivity index is 1.39. The van der Waals surface area contributed by atoms with Crippen LogP contribution >= 0.6 is 0 Å². The summed E-state index contributed by atoms with van der Waals surface area (Å²) in [7, 11) is 1.90. The van der Waals surface area contributed by atoms with Gasteiger partial charge in [-0.25, -0.2) is 0 Å². The highest BCUT2D eigenvalue weighted by Gasteiger charge is 2.26. The van der Waals surface area contributed by atoms with Gasteiger partial charge in [-0.1, -0.05) is 30.3 Å². The van der Waals surface area contributed by atoms with Crippen molar-refractivity contribution in [2.45, 2.75) is 32.1 Å². The van der Waals surface area contributed by atoms with Gasteiger partial charge >= 0.3 is 0 Å². The number of aryl methyl sites for hydroxylation is 1. The number of nitrogens with zero attached hydrogens (tertiary/aromatic N) is 1. The minimum absolute atomic E-state index is 0.190. The van der Waals surface area contributed by atoms with Crippen LogP contribution in [0.2, 0.25) is 0 Å². The molecule has 2 heterocycles. The molecular weight excluding hydrogens is 326 g/mol. The van der Waals surface area contributed by atoms with Crippen molar-refractivity contribution in [2.75, 3.05) is 26.8 Å². The van der Waals surface area contributed by atoms with Crippen LogP contribution in [0.25, 0.3) is 0 Å². The fourth-order valence-corrected chi connectivity index (χ4v) is 3.84. The highest BCUT2D eigenvalue weighted by atomic mass is 16.5. The van der Waals surface area contributed by atoms with Crippen LogP contribution in [-0.2, 0) is 30.5 Å². The molecule has 4 nitrogen and oxygen atoms in total. The Hall–Kier alpha value is -2.49. The van der Waals surface area contributed by atoms with Crippen molar-refractivity contribution in [1.29, 1.82) is 0 Å². The maximum absolute atomic E-state index is 12.5. The maximum Gasteiger partial charge on any atom is 0.222 e. The quantitative estimate of drug-likeness (QED) is 0.802. The second kappa shape index (κ2) is 7.40. The van der Waals surface area contributed by atoms with Gasteiger partial charge in [0.1, 0.15) is 11.5 Å². The highest BCUT2D eigenvalue weighted by molar-refractivity contribution is 5.76. The third-order valence-corrected chi connectivity index (χ3v) is 5.35. The van der Waals surface area contributed by atoms with E-state index >= 15 is 0 Å². The smallest absolute Gasteiger partial charge is 0.222 e. The summed E-state index contributed by atoms with van der Waals surface area (Å²) in [6.07, 6.45) is 4.04. The Bertz CT molecular complexity index is 769. The summed E-state index contributed by atoms with van der Waals surface area (Å²) in [6.45, 7) is 2.20. The number of fused-ring (bicyclic) bond motifs is 2. The maximum atomic E-state index is 12.5. The van der Waals surface area contributed by atoms with E-state index in [2.05, 4.69) is 18.2 Å². The van der Waals surface area contributed by atoms with Gasteiger partial charge in [-0.2, -0.15) is 0 Å². The van der Waals surface area contributed by atoms with Crippen molar-refractivity contribution in [1.82, 2.24) is 4.90 Å². The largest absolute Gasteiger partial charge is 0.493 e. The van der Waals surface area contributed by atoms with Crippen LogP contribution in [0.3, 0.4) is 0 Å². The first-order chi connectivity index (χ1) is 12.7. The first kappa shape index (κ1) is 17.0. The van der Waals surface area contributed by atoms with Crippen molar-refractivity contribution < 1.29 is 14.3 Å². The summed E-state index contributed by atoms with van der Waals surface area (Å²) in [5, 5.41) is 0. The Morgan fingerprint density at radius 1 is 1.08 bits per heavy atom. The third kappa shape index (κ3) is 3.41. The normalized spacial score (nSPS) is 14.3. The lowest BCUT2D eigenvalue weighted by molar-refractivity contribution is -0.129. The molecule has 4 rings (SSSR count). The summed E-state index contributed by atoms with van der Waals surface area (Å²) in [6, 6.07) is 12.3. The average molecular weight is 351 g/mol. The zero-order valence-electron chi connectivity index (χ0n) is 15.3. The Morgan fingerprint density at radius 2 is 1.88 bits per heavy atom. The van der Waals surface area contributed by atoms with E-state index < -0.39 is 0 Å². The molecule has 0 fully saturated rings. The number of hydrogen-bond donors (Lipinski definition) is 0. The molecule has 0 aliphatic carbocycles. The summed E-state index contributed by atoms with van der Waals surface area (Å²) in [5.74, 6) is 2.25. The van der Waals surface area contributed by atoms with Crippen LogP contribution in [-0.4, -0.2) is 37.6 Å². The molecule has 0 spiro atoms. The molecule has 0 saturated heterocycles. The lowest BCUT2D eigenvalue weighted by Gasteiger charge is -2.19. The Labute approximate surface area is 154 Å². The van der Waals surface area contributed by atoms with Crippen molar-refractivity contribution in [3.8, 4) is 11.5 Å². The van der Waals surface area contributed by atoms with Crippen molar-refractivity contribution in [3.05, 3.63) is 58.7 Å². The fraction of sp³-hybridized carbons (Fsp3) is 0.409. The monoisotopic (exact) mass is 351 g/mol. The third-order valence-electron chi connectivity index (χ3n) is 5.35. The van der Waals surface area contributed by atoms with Gasteiger partial charge in [0, 0.05) is 49.5 Å². The Morgan fingerprint density at radius 3 is 2.73 bits per heavy atom. The van der Waals surface area contributed by atoms with Crippen LogP contribution in [0.1, 0.15) is 28.7 Å². The van der Waals surface area contributed by atoms with Gasteiger partial charge in [0.05, 0.1) is 13.2 Å². The van der Waals surface area contributed by atoms with Gasteiger partial charge in [-0.05, 0) is 24.5 Å². The van der Waals surface area contributed by atoms with Crippen molar-refractivity contribution in [3.63, 3.8) is 0 Å². The predicted molar refractivity (Wildman–Crippen MR) is 101 cm³/mol. The van der Waals surface area contributed by atoms with E-state index in [1.165, 1.54) is 22.3 Å². The molecule has 0 N–H and O–H groups in total. The summed E-state index contributed by atoms with van der Waals surface area (Å²) in [4.78, 5) is 14.3. The van der Waals surface area contributed by atoms with Gasteiger partial charge in [0.15, 0.2) is 0 Å². The molecule has 2 aromatic carbocycles. The van der Waals surface area contributed by atoms with Crippen LogP contribution in [0.5, 0.6) is 11.5 Å². The zero-order chi connectivity index (χ0) is 17.9. The molecule has 136 valence electrons. The molecule has 0 atom stereocenters. The van der Waals surface area contributed by atoms with Gasteiger partial charge < -0.3 is 14.4 Å². The summed E-state index contributed by atoms with van der Waals surface area (Å²) < 4.78 is 11.7. The molecule has 26 heavy (non-hydrogen) atoms. The van der Waals surface area contributed by atoms with Crippen LogP contribution in [0, 0.1) is 0 Å². The molecule has 2 aliphatic rings. The average Bonchev–Trinajstić information content (AvgIpc) is 3.32. The fourth-order valence-electron chi connectivity index (χ4n) is 3.84. The van der Waals surface area contributed by atoms with Crippen LogP contribution < -0.4 is 9.47 Å². The number of rotatable bonds is 6. The van der Waals surface area contributed by atoms with E-state index in [0.717, 1.165) is 50.4 Å². The minimum Gasteiger partial charge on any atom is -0.493 e. The highest BCUT2D eigenvalue weighted by Crippen LogP contribution is 2.40. The lowest BCUT2D eigenvalue weighted by Crippen LogP contribution is -2.29. The molecule has 0 bridgehead atoms. The number of carbonyl (C=O) groups excluding carboxylic acids is 1. The topological polar surface area (TPSA) is 38.8 Å². The van der Waals surface area contributed by atoms with Crippen LogP contribution in [0.15, 0.2) is 36.4 Å². The van der Waals surface area contributed by atoms with Gasteiger partial charge in [0.2, 0.25) is 5.91 Å². The van der Waals surface area contributed by atoms with Gasteiger partial charge in [-0.15, -0.1) is 0 Å².